The standard InChI is InChI=1S/C27H23N3O2S/c1-17-24(26-29-23(16-33-26)20-12-14-22(32-2)15-13-20)25(30-27(31)28-17)21-10-8-19(9-11-21)18-6-4-3-5-7-18/h3-16,24-25H,1-2H3,(H,30,31). The first kappa shape index (κ1) is 21.1. The first-order chi connectivity index (χ1) is 16.1. The second-order valence-electron chi connectivity index (χ2n) is 7.95. The van der Waals surface area contributed by atoms with E-state index in [1.807, 2.05) is 49.4 Å². The van der Waals surface area contributed by atoms with Crippen LogP contribution in [0, 0.1) is 0 Å². The summed E-state index contributed by atoms with van der Waals surface area (Å²) in [6, 6.07) is 25.9. The second-order valence-corrected chi connectivity index (χ2v) is 8.84. The Labute approximate surface area is 196 Å². The molecule has 1 aliphatic rings. The summed E-state index contributed by atoms with van der Waals surface area (Å²) in [5, 5.41) is 6.04. The van der Waals surface area contributed by atoms with Gasteiger partial charge >= 0.3 is 6.03 Å². The molecule has 33 heavy (non-hydrogen) atoms. The van der Waals surface area contributed by atoms with Crippen LogP contribution in [0.25, 0.3) is 22.4 Å². The highest BCUT2D eigenvalue weighted by molar-refractivity contribution is 7.10. The normalized spacial score (nSPS) is 17.9. The number of carbonyl (C=O) groups is 1. The molecule has 2 amide bonds. The number of hydrogen-bond acceptors (Lipinski definition) is 4. The van der Waals surface area contributed by atoms with Crippen molar-refractivity contribution >= 4 is 23.1 Å². The number of thiazole rings is 1. The van der Waals surface area contributed by atoms with Crippen LogP contribution in [0.3, 0.4) is 0 Å². The van der Waals surface area contributed by atoms with Gasteiger partial charge in [-0.1, -0.05) is 54.6 Å². The Balaban J connectivity index is 1.47. The molecule has 4 aromatic rings. The third-order valence-corrected chi connectivity index (χ3v) is 6.82. The molecule has 6 heteroatoms. The number of methoxy groups -OCH3 is 1. The second kappa shape index (κ2) is 9.00. The Kier molecular flexibility index (Phi) is 5.75. The topological polar surface area (TPSA) is 63.6 Å². The number of amides is 2. The van der Waals surface area contributed by atoms with Crippen molar-refractivity contribution in [3.8, 4) is 28.1 Å². The molecular formula is C27H23N3O2S. The van der Waals surface area contributed by atoms with E-state index in [0.29, 0.717) is 0 Å². The lowest BCUT2D eigenvalue weighted by atomic mass is 9.88. The molecule has 164 valence electrons. The molecule has 1 aliphatic heterocycles. The molecule has 0 fully saturated rings. The van der Waals surface area contributed by atoms with E-state index in [0.717, 1.165) is 44.4 Å². The maximum absolute atomic E-state index is 12.3. The summed E-state index contributed by atoms with van der Waals surface area (Å²) >= 11 is 1.59. The van der Waals surface area contributed by atoms with Crippen LogP contribution in [0.5, 0.6) is 5.75 Å². The minimum atomic E-state index is -0.312. The number of nitrogens with zero attached hydrogens (tertiary/aromatic N) is 2. The van der Waals surface area contributed by atoms with Gasteiger partial charge in [0.05, 0.1) is 24.8 Å². The van der Waals surface area contributed by atoms with Gasteiger partial charge in [-0.05, 0) is 47.9 Å². The van der Waals surface area contributed by atoms with E-state index in [1.165, 1.54) is 0 Å². The third kappa shape index (κ3) is 4.30. The molecular weight excluding hydrogens is 430 g/mol. The fourth-order valence-corrected chi connectivity index (χ4v) is 5.18. The van der Waals surface area contributed by atoms with E-state index in [9.17, 15) is 4.79 Å². The predicted molar refractivity (Wildman–Crippen MR) is 133 cm³/mol. The molecule has 1 N–H and O–H groups in total. The van der Waals surface area contributed by atoms with Crippen LogP contribution >= 0.6 is 11.3 Å². The SMILES string of the molecule is COc1ccc(-c2csc(C3C(C)=NC(=O)NC3c3ccc(-c4ccccc4)cc3)n2)cc1. The van der Waals surface area contributed by atoms with Gasteiger partial charge in [-0.3, -0.25) is 0 Å². The number of benzene rings is 3. The van der Waals surface area contributed by atoms with Crippen LogP contribution in [-0.4, -0.2) is 23.8 Å². The Morgan fingerprint density at radius 3 is 2.24 bits per heavy atom. The first-order valence-electron chi connectivity index (χ1n) is 10.7. The van der Waals surface area contributed by atoms with Gasteiger partial charge < -0.3 is 10.1 Å². The monoisotopic (exact) mass is 453 g/mol. The average molecular weight is 454 g/mol. The van der Waals surface area contributed by atoms with Crippen LogP contribution in [0.4, 0.5) is 4.79 Å². The van der Waals surface area contributed by atoms with Gasteiger partial charge in [0, 0.05) is 16.7 Å². The molecule has 2 unspecified atom stereocenters. The Hall–Kier alpha value is -3.77. The van der Waals surface area contributed by atoms with E-state index < -0.39 is 0 Å². The molecule has 3 aromatic carbocycles. The molecule has 0 radical (unpaired) electrons. The summed E-state index contributed by atoms with van der Waals surface area (Å²) in [5.41, 5.74) is 6.03. The minimum absolute atomic E-state index is 0.123. The van der Waals surface area contributed by atoms with Crippen molar-refractivity contribution in [3.63, 3.8) is 0 Å². The fraction of sp³-hybridized carbons (Fsp3) is 0.148. The summed E-state index contributed by atoms with van der Waals surface area (Å²) in [5.74, 6) is 0.688. The summed E-state index contributed by atoms with van der Waals surface area (Å²) in [7, 11) is 1.65. The minimum Gasteiger partial charge on any atom is -0.497 e. The number of urea groups is 1. The van der Waals surface area contributed by atoms with Gasteiger partial charge in [0.25, 0.3) is 0 Å². The molecule has 0 saturated heterocycles. The molecule has 5 nitrogen and oxygen atoms in total. The fourth-order valence-electron chi connectivity index (χ4n) is 4.15. The molecule has 0 saturated carbocycles. The summed E-state index contributed by atoms with van der Waals surface area (Å²) in [4.78, 5) is 21.4. The van der Waals surface area contributed by atoms with Crippen molar-refractivity contribution in [2.24, 2.45) is 4.99 Å². The van der Waals surface area contributed by atoms with Gasteiger partial charge in [0.1, 0.15) is 10.8 Å². The maximum atomic E-state index is 12.3. The van der Waals surface area contributed by atoms with Crippen molar-refractivity contribution in [3.05, 3.63) is 94.8 Å². The summed E-state index contributed by atoms with van der Waals surface area (Å²) < 4.78 is 5.26. The lowest BCUT2D eigenvalue weighted by molar-refractivity contribution is 0.243. The molecule has 5 rings (SSSR count). The smallest absolute Gasteiger partial charge is 0.341 e. The van der Waals surface area contributed by atoms with Crippen LogP contribution in [0.15, 0.2) is 89.2 Å². The maximum Gasteiger partial charge on any atom is 0.341 e. The van der Waals surface area contributed by atoms with Gasteiger partial charge in [-0.2, -0.15) is 0 Å². The van der Waals surface area contributed by atoms with Crippen LogP contribution < -0.4 is 10.1 Å². The van der Waals surface area contributed by atoms with Crippen LogP contribution in [0.1, 0.15) is 29.5 Å². The molecule has 1 aromatic heterocycles. The average Bonchev–Trinajstić information content (AvgIpc) is 3.34. The van der Waals surface area contributed by atoms with Crippen molar-refractivity contribution < 1.29 is 9.53 Å². The number of aromatic nitrogens is 1. The quantitative estimate of drug-likeness (QED) is 0.375. The highest BCUT2D eigenvalue weighted by Gasteiger charge is 2.34. The lowest BCUT2D eigenvalue weighted by Crippen LogP contribution is -2.38. The Bertz CT molecular complexity index is 1300. The van der Waals surface area contributed by atoms with Crippen molar-refractivity contribution in [2.75, 3.05) is 7.11 Å². The van der Waals surface area contributed by atoms with E-state index in [2.05, 4.69) is 52.1 Å². The molecule has 2 atom stereocenters. The van der Waals surface area contributed by atoms with Gasteiger partial charge in [-0.25, -0.2) is 14.8 Å². The number of carbonyl (C=O) groups excluding carboxylic acids is 1. The van der Waals surface area contributed by atoms with Gasteiger partial charge in [0.15, 0.2) is 0 Å². The van der Waals surface area contributed by atoms with Crippen LogP contribution in [-0.2, 0) is 0 Å². The molecule has 0 aliphatic carbocycles. The number of nitrogens with one attached hydrogen (secondary N) is 1. The number of aliphatic imine (C=N–C) groups is 1. The third-order valence-electron chi connectivity index (χ3n) is 5.89. The zero-order chi connectivity index (χ0) is 22.8. The number of hydrogen-bond donors (Lipinski definition) is 1. The molecule has 0 bridgehead atoms. The predicted octanol–water partition coefficient (Wildman–Crippen LogP) is 6.49. The number of ether oxygens (including phenoxy) is 1. The van der Waals surface area contributed by atoms with E-state index in [-0.39, 0.29) is 18.0 Å². The zero-order valence-corrected chi connectivity index (χ0v) is 19.2. The van der Waals surface area contributed by atoms with E-state index in [4.69, 9.17) is 9.72 Å². The van der Waals surface area contributed by atoms with E-state index in [1.54, 1.807) is 18.4 Å². The molecule has 0 spiro atoms. The Morgan fingerprint density at radius 2 is 1.55 bits per heavy atom. The van der Waals surface area contributed by atoms with Crippen molar-refractivity contribution in [1.82, 2.24) is 10.3 Å². The van der Waals surface area contributed by atoms with Crippen molar-refractivity contribution in [1.29, 1.82) is 0 Å². The van der Waals surface area contributed by atoms with Crippen molar-refractivity contribution in [2.45, 2.75) is 18.9 Å². The van der Waals surface area contributed by atoms with Gasteiger partial charge in [0.2, 0.25) is 0 Å². The lowest BCUT2D eigenvalue weighted by Gasteiger charge is -2.30. The van der Waals surface area contributed by atoms with Gasteiger partial charge in [-0.15, -0.1) is 11.3 Å². The summed E-state index contributed by atoms with van der Waals surface area (Å²) in [6.45, 7) is 1.91. The molecule has 2 heterocycles. The van der Waals surface area contributed by atoms with E-state index >= 15 is 0 Å². The first-order valence-corrected chi connectivity index (χ1v) is 11.6. The van der Waals surface area contributed by atoms with Crippen LogP contribution in [0.2, 0.25) is 0 Å². The Morgan fingerprint density at radius 1 is 0.879 bits per heavy atom. The summed E-state index contributed by atoms with van der Waals surface area (Å²) in [6.07, 6.45) is 0. The highest BCUT2D eigenvalue weighted by atomic mass is 32.1. The number of rotatable bonds is 5. The largest absolute Gasteiger partial charge is 0.497 e. The highest BCUT2D eigenvalue weighted by Crippen LogP contribution is 2.38. The zero-order valence-electron chi connectivity index (χ0n) is 18.4.